The van der Waals surface area contributed by atoms with Gasteiger partial charge in [-0.2, -0.15) is 0 Å². The Morgan fingerprint density at radius 3 is 1.59 bits per heavy atom. The molecule has 0 heterocycles. The van der Waals surface area contributed by atoms with Gasteiger partial charge in [0, 0.05) is 16.9 Å². The molecule has 0 unspecified atom stereocenters. The van der Waals surface area contributed by atoms with Gasteiger partial charge in [-0.25, -0.2) is 0 Å². The summed E-state index contributed by atoms with van der Waals surface area (Å²) in [5, 5.41) is 1.57. The van der Waals surface area contributed by atoms with E-state index in [0.29, 0.717) is 0 Å². The maximum atomic E-state index is 6.26. The third-order valence-corrected chi connectivity index (χ3v) is 6.65. The molecule has 0 saturated carbocycles. The van der Waals surface area contributed by atoms with E-state index in [9.17, 15) is 0 Å². The summed E-state index contributed by atoms with van der Waals surface area (Å²) >= 11 is 18.6. The van der Waals surface area contributed by atoms with Gasteiger partial charge in [0.05, 0.1) is 10.0 Å². The SMILES string of the molecule is Clc1c(I)cccc1Sc1cccc(I)c1Cl. The van der Waals surface area contributed by atoms with Gasteiger partial charge in [0.1, 0.15) is 0 Å². The second-order valence-electron chi connectivity index (χ2n) is 3.21. The topological polar surface area (TPSA) is 0 Å². The largest absolute Gasteiger partial charge is 0.0869 e. The normalized spacial score (nSPS) is 10.6. The first-order chi connectivity index (χ1) is 8.09. The Labute approximate surface area is 142 Å². The van der Waals surface area contributed by atoms with Crippen LogP contribution in [-0.4, -0.2) is 0 Å². The average molecular weight is 507 g/mol. The van der Waals surface area contributed by atoms with Gasteiger partial charge in [0.25, 0.3) is 0 Å². The molecule has 5 heteroatoms. The van der Waals surface area contributed by atoms with Crippen LogP contribution in [0.4, 0.5) is 0 Å². The molecular weight excluding hydrogens is 501 g/mol. The Balaban J connectivity index is 2.38. The van der Waals surface area contributed by atoms with Crippen LogP contribution in [-0.2, 0) is 0 Å². The molecular formula is C12H6Cl2I2S. The Kier molecular flexibility index (Phi) is 5.30. The lowest BCUT2D eigenvalue weighted by atomic mass is 10.4. The van der Waals surface area contributed by atoms with Crippen LogP contribution < -0.4 is 0 Å². The van der Waals surface area contributed by atoms with Crippen molar-refractivity contribution in [1.29, 1.82) is 0 Å². The first kappa shape index (κ1) is 14.2. The minimum atomic E-state index is 0.785. The minimum absolute atomic E-state index is 0.785. The van der Waals surface area contributed by atoms with Crippen molar-refractivity contribution in [3.63, 3.8) is 0 Å². The van der Waals surface area contributed by atoms with Crippen LogP contribution in [0.25, 0.3) is 0 Å². The molecule has 2 aromatic rings. The van der Waals surface area contributed by atoms with E-state index in [1.165, 1.54) is 0 Å². The highest BCUT2D eigenvalue weighted by molar-refractivity contribution is 14.1. The van der Waals surface area contributed by atoms with Crippen LogP contribution in [0, 0.1) is 7.14 Å². The molecule has 0 bridgehead atoms. The van der Waals surface area contributed by atoms with E-state index in [-0.39, 0.29) is 0 Å². The summed E-state index contributed by atoms with van der Waals surface area (Å²) < 4.78 is 2.10. The predicted octanol–water partition coefficient (Wildman–Crippen LogP) is 6.35. The summed E-state index contributed by atoms with van der Waals surface area (Å²) in [5.74, 6) is 0. The quantitative estimate of drug-likeness (QED) is 0.427. The number of benzene rings is 2. The maximum Gasteiger partial charge on any atom is 0.0678 e. The van der Waals surface area contributed by atoms with Crippen LogP contribution in [0.1, 0.15) is 0 Å². The van der Waals surface area contributed by atoms with Gasteiger partial charge in [-0.15, -0.1) is 0 Å². The zero-order valence-corrected chi connectivity index (χ0v) is 15.0. The first-order valence-corrected chi connectivity index (χ1v) is 8.38. The van der Waals surface area contributed by atoms with Crippen molar-refractivity contribution in [3.8, 4) is 0 Å². The molecule has 0 aliphatic carbocycles. The zero-order valence-electron chi connectivity index (χ0n) is 8.38. The van der Waals surface area contributed by atoms with Crippen molar-refractivity contribution < 1.29 is 0 Å². The molecule has 0 atom stereocenters. The van der Waals surface area contributed by atoms with Crippen molar-refractivity contribution in [2.24, 2.45) is 0 Å². The lowest BCUT2D eigenvalue weighted by molar-refractivity contribution is 1.38. The molecule has 0 saturated heterocycles. The van der Waals surface area contributed by atoms with Crippen molar-refractivity contribution in [2.45, 2.75) is 9.79 Å². The van der Waals surface area contributed by atoms with Crippen LogP contribution >= 0.6 is 80.1 Å². The third kappa shape index (κ3) is 3.43. The highest BCUT2D eigenvalue weighted by atomic mass is 127. The van der Waals surface area contributed by atoms with Gasteiger partial charge in [-0.1, -0.05) is 47.1 Å². The third-order valence-electron chi connectivity index (χ3n) is 2.05. The van der Waals surface area contributed by atoms with Crippen LogP contribution in [0.3, 0.4) is 0 Å². The molecule has 0 nitrogen and oxygen atoms in total. The fraction of sp³-hybridized carbons (Fsp3) is 0. The molecule has 0 N–H and O–H groups in total. The molecule has 0 spiro atoms. The van der Waals surface area contributed by atoms with Crippen molar-refractivity contribution in [3.05, 3.63) is 53.6 Å². The molecule has 0 amide bonds. The van der Waals surface area contributed by atoms with E-state index in [1.807, 2.05) is 36.4 Å². The molecule has 17 heavy (non-hydrogen) atoms. The molecule has 0 aliphatic heterocycles. The van der Waals surface area contributed by atoms with Crippen LogP contribution in [0.15, 0.2) is 46.2 Å². The van der Waals surface area contributed by atoms with Crippen LogP contribution in [0.2, 0.25) is 10.0 Å². The summed E-state index contributed by atoms with van der Waals surface area (Å²) in [7, 11) is 0. The lowest BCUT2D eigenvalue weighted by Gasteiger charge is -2.08. The Hall–Kier alpha value is 0.830. The van der Waals surface area contributed by atoms with E-state index in [1.54, 1.807) is 11.8 Å². The monoisotopic (exact) mass is 506 g/mol. The van der Waals surface area contributed by atoms with E-state index in [0.717, 1.165) is 27.0 Å². The summed E-state index contributed by atoms with van der Waals surface area (Å²) in [6.07, 6.45) is 0. The summed E-state index contributed by atoms with van der Waals surface area (Å²) in [4.78, 5) is 2.06. The summed E-state index contributed by atoms with van der Waals surface area (Å²) in [6.45, 7) is 0. The highest BCUT2D eigenvalue weighted by Gasteiger charge is 2.09. The maximum absolute atomic E-state index is 6.26. The second kappa shape index (κ2) is 6.32. The van der Waals surface area contributed by atoms with Gasteiger partial charge >= 0.3 is 0 Å². The number of halogens is 4. The molecule has 0 aliphatic rings. The fourth-order valence-electron chi connectivity index (χ4n) is 1.24. The summed E-state index contributed by atoms with van der Waals surface area (Å²) in [5.41, 5.74) is 0. The molecule has 0 aromatic heterocycles. The van der Waals surface area contributed by atoms with E-state index < -0.39 is 0 Å². The smallest absolute Gasteiger partial charge is 0.0678 e. The second-order valence-corrected chi connectivity index (χ2v) is 7.37. The van der Waals surface area contributed by atoms with Gasteiger partial charge in [0.15, 0.2) is 0 Å². The Bertz CT molecular complexity index is 509. The van der Waals surface area contributed by atoms with E-state index >= 15 is 0 Å². The molecule has 88 valence electrons. The lowest BCUT2D eigenvalue weighted by Crippen LogP contribution is -1.82. The van der Waals surface area contributed by atoms with Gasteiger partial charge in [-0.05, 0) is 69.4 Å². The van der Waals surface area contributed by atoms with Crippen LogP contribution in [0.5, 0.6) is 0 Å². The Morgan fingerprint density at radius 2 is 1.18 bits per heavy atom. The highest BCUT2D eigenvalue weighted by Crippen LogP contribution is 2.39. The van der Waals surface area contributed by atoms with Gasteiger partial charge in [0.2, 0.25) is 0 Å². The fourth-order valence-corrected chi connectivity index (χ4v) is 4.02. The zero-order chi connectivity index (χ0) is 12.4. The van der Waals surface area contributed by atoms with Crippen molar-refractivity contribution in [1.82, 2.24) is 0 Å². The number of hydrogen-bond acceptors (Lipinski definition) is 1. The molecule has 0 radical (unpaired) electrons. The van der Waals surface area contributed by atoms with Crippen molar-refractivity contribution in [2.75, 3.05) is 0 Å². The first-order valence-electron chi connectivity index (χ1n) is 4.65. The minimum Gasteiger partial charge on any atom is -0.0869 e. The molecule has 2 rings (SSSR count). The standard InChI is InChI=1S/C12H6Cl2I2S/c13-11-7(15)3-1-5-9(11)17-10-6-2-4-8(16)12(10)14/h1-6H. The van der Waals surface area contributed by atoms with E-state index in [2.05, 4.69) is 45.2 Å². The summed E-state index contributed by atoms with van der Waals surface area (Å²) in [6, 6.07) is 12.0. The van der Waals surface area contributed by atoms with Gasteiger partial charge < -0.3 is 0 Å². The Morgan fingerprint density at radius 1 is 0.765 bits per heavy atom. The molecule has 0 fully saturated rings. The van der Waals surface area contributed by atoms with Gasteiger partial charge in [-0.3, -0.25) is 0 Å². The molecule has 2 aromatic carbocycles. The number of rotatable bonds is 2. The predicted molar refractivity (Wildman–Crippen MR) is 92.5 cm³/mol. The van der Waals surface area contributed by atoms with Crippen molar-refractivity contribution >= 4 is 80.1 Å². The average Bonchev–Trinajstić information content (AvgIpc) is 2.31. The number of hydrogen-bond donors (Lipinski definition) is 0. The van der Waals surface area contributed by atoms with E-state index in [4.69, 9.17) is 23.2 Å².